The van der Waals surface area contributed by atoms with Crippen molar-refractivity contribution < 1.29 is 33.4 Å². The highest BCUT2D eigenvalue weighted by atomic mass is 19.1. The van der Waals surface area contributed by atoms with E-state index in [1.807, 2.05) is 6.07 Å². The number of halogens is 1. The number of aromatic nitrogens is 2. The minimum absolute atomic E-state index is 0.131. The monoisotopic (exact) mass is 555 g/mol. The Morgan fingerprint density at radius 1 is 1.27 bits per heavy atom. The van der Waals surface area contributed by atoms with E-state index in [0.717, 1.165) is 5.56 Å². The summed E-state index contributed by atoms with van der Waals surface area (Å²) >= 11 is 0. The lowest BCUT2D eigenvalue weighted by Crippen LogP contribution is -2.35. The number of hydrogen-bond acceptors (Lipinski definition) is 10. The number of rotatable bonds is 8. The second-order valence-electron chi connectivity index (χ2n) is 10.5. The molecule has 3 amide bonds. The number of aliphatic hydroxyl groups excluding tert-OH is 1. The standard InChI is InChI=1S/C26H30FN7O6/c27-19-6-15(31-24(37)20-7-16(35)9-29-20)5-14-3-13(4-18(14)19)8-28-2-1-17-11-34(26(38)40-17)21-10-30-25-23(32-21)33-22(36)12-39-25/h5-6,10,13,16-17,20,28-29,35H,1-4,7-9,11-12H2,(H,31,37)(H,32,33,36)/t13?,16-,17?,20-/m1/s1. The molecule has 13 nitrogen and oxygen atoms in total. The Morgan fingerprint density at radius 3 is 2.98 bits per heavy atom. The summed E-state index contributed by atoms with van der Waals surface area (Å²) in [5.74, 6) is -0.113. The number of benzene rings is 1. The normalized spacial score (nSPS) is 25.2. The summed E-state index contributed by atoms with van der Waals surface area (Å²) in [6, 6.07) is 2.69. The molecule has 2 aromatic rings. The van der Waals surface area contributed by atoms with Crippen LogP contribution in [0, 0.1) is 11.7 Å². The second kappa shape index (κ2) is 10.9. The van der Waals surface area contributed by atoms with E-state index < -0.39 is 18.2 Å². The van der Waals surface area contributed by atoms with Crippen LogP contribution >= 0.6 is 0 Å². The second-order valence-corrected chi connectivity index (χ2v) is 10.5. The molecule has 3 aliphatic heterocycles. The van der Waals surface area contributed by atoms with Crippen LogP contribution in [0.4, 0.5) is 26.5 Å². The molecule has 212 valence electrons. The Morgan fingerprint density at radius 2 is 2.15 bits per heavy atom. The number of nitrogens with one attached hydrogen (secondary N) is 4. The summed E-state index contributed by atoms with van der Waals surface area (Å²) in [6.07, 6.45) is 2.17. The van der Waals surface area contributed by atoms with Gasteiger partial charge in [0, 0.05) is 12.2 Å². The number of cyclic esters (lactones) is 1. The number of anilines is 3. The summed E-state index contributed by atoms with van der Waals surface area (Å²) in [7, 11) is 0. The highest BCUT2D eigenvalue weighted by molar-refractivity contribution is 5.95. The van der Waals surface area contributed by atoms with Gasteiger partial charge in [0.05, 0.1) is 24.9 Å². The maximum absolute atomic E-state index is 14.8. The van der Waals surface area contributed by atoms with Crippen LogP contribution in [0.5, 0.6) is 5.88 Å². The minimum Gasteiger partial charge on any atom is -0.465 e. The lowest BCUT2D eigenvalue weighted by atomic mass is 10.1. The number of fused-ring (bicyclic) bond motifs is 2. The van der Waals surface area contributed by atoms with Crippen molar-refractivity contribution in [2.24, 2.45) is 5.92 Å². The first kappa shape index (κ1) is 26.3. The smallest absolute Gasteiger partial charge is 0.415 e. The first-order chi connectivity index (χ1) is 19.3. The number of nitrogens with zero attached hydrogens (tertiary/aromatic N) is 3. The van der Waals surface area contributed by atoms with Gasteiger partial charge in [-0.2, -0.15) is 0 Å². The van der Waals surface area contributed by atoms with E-state index in [0.29, 0.717) is 63.1 Å². The van der Waals surface area contributed by atoms with Crippen molar-refractivity contribution >= 4 is 35.2 Å². The third kappa shape index (κ3) is 5.55. The van der Waals surface area contributed by atoms with Crippen LogP contribution in [0.25, 0.3) is 0 Å². The number of carbonyl (C=O) groups excluding carboxylic acids is 3. The molecule has 4 aliphatic rings. The molecule has 0 spiro atoms. The quantitative estimate of drug-likeness (QED) is 0.286. The van der Waals surface area contributed by atoms with E-state index >= 15 is 0 Å². The maximum Gasteiger partial charge on any atom is 0.415 e. The number of ether oxygens (including phenoxy) is 2. The van der Waals surface area contributed by atoms with E-state index in [4.69, 9.17) is 9.47 Å². The molecular formula is C26H30FN7O6. The van der Waals surface area contributed by atoms with Gasteiger partial charge in [0.25, 0.3) is 11.8 Å². The van der Waals surface area contributed by atoms with E-state index in [1.54, 1.807) is 0 Å². The highest BCUT2D eigenvalue weighted by Crippen LogP contribution is 2.32. The molecule has 1 aromatic heterocycles. The van der Waals surface area contributed by atoms with Crippen LogP contribution in [-0.2, 0) is 27.2 Å². The first-order valence-electron chi connectivity index (χ1n) is 13.3. The molecule has 2 fully saturated rings. The van der Waals surface area contributed by atoms with Crippen molar-refractivity contribution in [3.8, 4) is 5.88 Å². The molecule has 4 atom stereocenters. The fraction of sp³-hybridized carbons (Fsp3) is 0.500. The SMILES string of the molecule is O=C1COc2ncc(N3CC(CCNCC4Cc5cc(NC(=O)[C@H]6C[C@@H](O)CN6)cc(F)c5C4)OC3=O)nc2N1. The Labute approximate surface area is 228 Å². The fourth-order valence-electron chi connectivity index (χ4n) is 5.55. The van der Waals surface area contributed by atoms with Crippen molar-refractivity contribution in [2.75, 3.05) is 48.3 Å². The average Bonchev–Trinajstić information content (AvgIpc) is 3.64. The van der Waals surface area contributed by atoms with Crippen molar-refractivity contribution in [3.63, 3.8) is 0 Å². The van der Waals surface area contributed by atoms with Gasteiger partial charge in [-0.3, -0.25) is 14.5 Å². The Balaban J connectivity index is 0.961. The molecule has 14 heteroatoms. The van der Waals surface area contributed by atoms with Crippen LogP contribution in [0.1, 0.15) is 24.0 Å². The number of carbonyl (C=O) groups is 3. The molecule has 40 heavy (non-hydrogen) atoms. The van der Waals surface area contributed by atoms with Crippen LogP contribution in [0.3, 0.4) is 0 Å². The van der Waals surface area contributed by atoms with Gasteiger partial charge in [-0.25, -0.2) is 19.2 Å². The van der Waals surface area contributed by atoms with Crippen molar-refractivity contribution in [3.05, 3.63) is 35.3 Å². The van der Waals surface area contributed by atoms with Gasteiger partial charge in [-0.15, -0.1) is 0 Å². The third-order valence-corrected chi connectivity index (χ3v) is 7.53. The number of hydrogen-bond donors (Lipinski definition) is 5. The van der Waals surface area contributed by atoms with E-state index in [2.05, 4.69) is 31.2 Å². The van der Waals surface area contributed by atoms with Gasteiger partial charge in [0.2, 0.25) is 5.91 Å². The first-order valence-corrected chi connectivity index (χ1v) is 13.3. The molecule has 6 rings (SSSR count). The highest BCUT2D eigenvalue weighted by Gasteiger charge is 2.34. The van der Waals surface area contributed by atoms with Crippen molar-refractivity contribution in [2.45, 2.75) is 43.9 Å². The van der Waals surface area contributed by atoms with Crippen LogP contribution < -0.4 is 30.9 Å². The molecule has 0 saturated carbocycles. The number of β-amino-alcohol motifs (C(OH)–C–C–N with tert-alkyl or cyclic N) is 1. The lowest BCUT2D eigenvalue weighted by molar-refractivity contribution is -0.119. The summed E-state index contributed by atoms with van der Waals surface area (Å²) < 4.78 is 25.5. The molecular weight excluding hydrogens is 525 g/mol. The van der Waals surface area contributed by atoms with Crippen LogP contribution in [-0.4, -0.2) is 84.0 Å². The fourth-order valence-corrected chi connectivity index (χ4v) is 5.55. The summed E-state index contributed by atoms with van der Waals surface area (Å²) in [4.78, 5) is 46.2. The number of amides is 3. The summed E-state index contributed by atoms with van der Waals surface area (Å²) in [5, 5.41) is 21.3. The molecule has 2 saturated heterocycles. The largest absolute Gasteiger partial charge is 0.465 e. The molecule has 1 aromatic carbocycles. The van der Waals surface area contributed by atoms with Gasteiger partial charge in [0.15, 0.2) is 18.2 Å². The third-order valence-electron chi connectivity index (χ3n) is 7.53. The van der Waals surface area contributed by atoms with Gasteiger partial charge in [0.1, 0.15) is 11.9 Å². The molecule has 4 heterocycles. The molecule has 2 unspecified atom stereocenters. The zero-order valence-electron chi connectivity index (χ0n) is 21.6. The molecule has 0 radical (unpaired) electrons. The van der Waals surface area contributed by atoms with Crippen molar-refractivity contribution in [1.29, 1.82) is 0 Å². The Kier molecular flexibility index (Phi) is 7.21. The molecule has 5 N–H and O–H groups in total. The Bertz CT molecular complexity index is 1340. The van der Waals surface area contributed by atoms with Crippen molar-refractivity contribution in [1.82, 2.24) is 20.6 Å². The van der Waals surface area contributed by atoms with E-state index in [-0.39, 0.29) is 53.8 Å². The van der Waals surface area contributed by atoms with Gasteiger partial charge in [-0.05, 0) is 68.0 Å². The molecule has 1 aliphatic carbocycles. The average molecular weight is 556 g/mol. The Hall–Kier alpha value is -3.88. The van der Waals surface area contributed by atoms with E-state index in [1.165, 1.54) is 17.2 Å². The van der Waals surface area contributed by atoms with Crippen LogP contribution in [0.15, 0.2) is 18.3 Å². The summed E-state index contributed by atoms with van der Waals surface area (Å²) in [6.45, 7) is 1.80. The van der Waals surface area contributed by atoms with Gasteiger partial charge < -0.3 is 35.8 Å². The zero-order chi connectivity index (χ0) is 27.8. The predicted octanol–water partition coefficient (Wildman–Crippen LogP) is 0.328. The predicted molar refractivity (Wildman–Crippen MR) is 140 cm³/mol. The molecule has 0 bridgehead atoms. The lowest BCUT2D eigenvalue weighted by Gasteiger charge is -2.18. The number of aliphatic hydroxyl groups is 1. The van der Waals surface area contributed by atoms with Crippen LogP contribution in [0.2, 0.25) is 0 Å². The summed E-state index contributed by atoms with van der Waals surface area (Å²) in [5.41, 5.74) is 1.98. The zero-order valence-corrected chi connectivity index (χ0v) is 21.6. The van der Waals surface area contributed by atoms with Gasteiger partial charge >= 0.3 is 6.09 Å². The minimum atomic E-state index is -0.551. The van der Waals surface area contributed by atoms with Gasteiger partial charge in [-0.1, -0.05) is 0 Å². The van der Waals surface area contributed by atoms with E-state index in [9.17, 15) is 23.9 Å². The topological polar surface area (TPSA) is 167 Å². The maximum atomic E-state index is 14.8.